The lowest BCUT2D eigenvalue weighted by Gasteiger charge is -2.26. The van der Waals surface area contributed by atoms with Crippen molar-refractivity contribution in [3.63, 3.8) is 0 Å². The van der Waals surface area contributed by atoms with Gasteiger partial charge in [-0.2, -0.15) is 0 Å². The van der Waals surface area contributed by atoms with E-state index < -0.39 is 22.7 Å². The molecular weight excluding hydrogens is 462 g/mol. The van der Waals surface area contributed by atoms with Gasteiger partial charge in [0.2, 0.25) is 0 Å². The van der Waals surface area contributed by atoms with Gasteiger partial charge in [-0.25, -0.2) is 0 Å². The van der Waals surface area contributed by atoms with E-state index >= 15 is 0 Å². The van der Waals surface area contributed by atoms with Crippen LogP contribution in [0.1, 0.15) is 48.9 Å². The fourth-order valence-electron chi connectivity index (χ4n) is 4.23. The molecule has 1 saturated heterocycles. The van der Waals surface area contributed by atoms with E-state index in [0.29, 0.717) is 43.0 Å². The summed E-state index contributed by atoms with van der Waals surface area (Å²) in [4.78, 5) is 40.2. The SMILES string of the molecule is CCCCOc1ccc(C(O)=C2C(=O)C(=O)N(CCCN(C)C)[C@H]2c2ccc([N+](=O)[O-])cc2)cc1C. The van der Waals surface area contributed by atoms with Crippen molar-refractivity contribution in [2.75, 3.05) is 33.8 Å². The number of aryl methyl sites for hydroxylation is 1. The highest BCUT2D eigenvalue weighted by molar-refractivity contribution is 6.46. The predicted octanol–water partition coefficient (Wildman–Crippen LogP) is 4.46. The van der Waals surface area contributed by atoms with Crippen molar-refractivity contribution in [2.24, 2.45) is 0 Å². The van der Waals surface area contributed by atoms with Gasteiger partial charge >= 0.3 is 0 Å². The molecule has 1 N–H and O–H groups in total. The molecule has 1 aliphatic rings. The van der Waals surface area contributed by atoms with Crippen molar-refractivity contribution < 1.29 is 24.4 Å². The average Bonchev–Trinajstić information content (AvgIpc) is 3.09. The standard InChI is InChI=1S/C27H33N3O6/c1-5-6-16-36-22-13-10-20(17-18(22)2)25(31)23-24(19-8-11-21(12-9-19)30(34)35)29(27(33)26(23)32)15-7-14-28(3)4/h8-13,17,24,31H,5-7,14-16H2,1-4H3/t24-/m0/s1. The second-order valence-corrected chi connectivity index (χ2v) is 9.18. The fraction of sp³-hybridized carbons (Fsp3) is 0.407. The molecule has 1 atom stereocenters. The number of hydrogen-bond acceptors (Lipinski definition) is 7. The van der Waals surface area contributed by atoms with Gasteiger partial charge in [0.1, 0.15) is 11.5 Å². The van der Waals surface area contributed by atoms with Crippen LogP contribution in [0.2, 0.25) is 0 Å². The zero-order chi connectivity index (χ0) is 26.4. The second-order valence-electron chi connectivity index (χ2n) is 9.18. The number of benzene rings is 2. The van der Waals surface area contributed by atoms with E-state index in [9.17, 15) is 24.8 Å². The number of nitrogens with zero attached hydrogens (tertiary/aromatic N) is 3. The summed E-state index contributed by atoms with van der Waals surface area (Å²) < 4.78 is 5.79. The average molecular weight is 496 g/mol. The lowest BCUT2D eigenvalue weighted by Crippen LogP contribution is -2.32. The Kier molecular flexibility index (Phi) is 8.82. The van der Waals surface area contributed by atoms with Crippen molar-refractivity contribution >= 4 is 23.1 Å². The van der Waals surface area contributed by atoms with Gasteiger partial charge in [-0.15, -0.1) is 0 Å². The summed E-state index contributed by atoms with van der Waals surface area (Å²) in [6.45, 7) is 5.51. The number of nitro groups is 1. The van der Waals surface area contributed by atoms with Crippen molar-refractivity contribution in [1.29, 1.82) is 0 Å². The number of Topliss-reactive ketones (excluding diaryl/α,β-unsaturated/α-hetero) is 1. The first-order chi connectivity index (χ1) is 17.1. The number of ether oxygens (including phenoxy) is 1. The number of carbonyl (C=O) groups is 2. The highest BCUT2D eigenvalue weighted by Gasteiger charge is 2.45. The third-order valence-electron chi connectivity index (χ3n) is 6.17. The van der Waals surface area contributed by atoms with Crippen LogP contribution in [0.3, 0.4) is 0 Å². The van der Waals surface area contributed by atoms with E-state index in [1.54, 1.807) is 18.2 Å². The van der Waals surface area contributed by atoms with Crippen molar-refractivity contribution in [3.8, 4) is 5.75 Å². The van der Waals surface area contributed by atoms with Crippen LogP contribution in [0.5, 0.6) is 5.75 Å². The van der Waals surface area contributed by atoms with Crippen LogP contribution in [-0.4, -0.2) is 65.3 Å². The topological polar surface area (TPSA) is 113 Å². The number of unbranched alkanes of at least 4 members (excludes halogenated alkanes) is 1. The molecular formula is C27H33N3O6. The molecule has 36 heavy (non-hydrogen) atoms. The molecule has 0 aromatic heterocycles. The minimum absolute atomic E-state index is 0.0299. The van der Waals surface area contributed by atoms with E-state index in [1.165, 1.54) is 29.2 Å². The highest BCUT2D eigenvalue weighted by atomic mass is 16.6. The monoisotopic (exact) mass is 495 g/mol. The molecule has 0 saturated carbocycles. The van der Waals surface area contributed by atoms with Crippen molar-refractivity contribution in [3.05, 3.63) is 74.8 Å². The molecule has 0 bridgehead atoms. The minimum atomic E-state index is -0.853. The maximum atomic E-state index is 13.2. The van der Waals surface area contributed by atoms with Crippen molar-refractivity contribution in [2.45, 2.75) is 39.2 Å². The Balaban J connectivity index is 2.04. The third kappa shape index (κ3) is 5.91. The van der Waals surface area contributed by atoms with Gasteiger partial charge in [-0.1, -0.05) is 13.3 Å². The van der Waals surface area contributed by atoms with E-state index in [-0.39, 0.29) is 17.0 Å². The first kappa shape index (κ1) is 26.9. The number of carbonyl (C=O) groups excluding carboxylic acids is 2. The summed E-state index contributed by atoms with van der Waals surface area (Å²) in [7, 11) is 3.83. The molecule has 1 heterocycles. The quantitative estimate of drug-likeness (QED) is 0.122. The molecule has 192 valence electrons. The number of nitro benzene ring substituents is 1. The molecule has 0 radical (unpaired) electrons. The van der Waals surface area contributed by atoms with Crippen LogP contribution in [0.4, 0.5) is 5.69 Å². The largest absolute Gasteiger partial charge is 0.507 e. The maximum Gasteiger partial charge on any atom is 0.295 e. The molecule has 0 aliphatic carbocycles. The number of aliphatic hydroxyl groups is 1. The van der Waals surface area contributed by atoms with Crippen LogP contribution in [-0.2, 0) is 9.59 Å². The van der Waals surface area contributed by atoms with E-state index in [0.717, 1.165) is 18.4 Å². The van der Waals surface area contributed by atoms with Gasteiger partial charge in [-0.3, -0.25) is 19.7 Å². The summed E-state index contributed by atoms with van der Waals surface area (Å²) in [6.07, 6.45) is 2.55. The lowest BCUT2D eigenvalue weighted by atomic mass is 9.94. The molecule has 2 aromatic rings. The van der Waals surface area contributed by atoms with Crippen LogP contribution >= 0.6 is 0 Å². The van der Waals surface area contributed by atoms with E-state index in [1.807, 2.05) is 25.9 Å². The highest BCUT2D eigenvalue weighted by Crippen LogP contribution is 2.40. The number of aliphatic hydroxyl groups excluding tert-OH is 1. The molecule has 9 heteroatoms. The fourth-order valence-corrected chi connectivity index (χ4v) is 4.23. The summed E-state index contributed by atoms with van der Waals surface area (Å²) >= 11 is 0. The van der Waals surface area contributed by atoms with Gasteiger partial charge in [0.15, 0.2) is 0 Å². The summed E-state index contributed by atoms with van der Waals surface area (Å²) in [5, 5.41) is 22.4. The first-order valence-electron chi connectivity index (χ1n) is 12.1. The minimum Gasteiger partial charge on any atom is -0.507 e. The summed E-state index contributed by atoms with van der Waals surface area (Å²) in [6, 6.07) is 10.00. The van der Waals surface area contributed by atoms with Gasteiger partial charge < -0.3 is 19.6 Å². The van der Waals surface area contributed by atoms with E-state index in [2.05, 4.69) is 6.92 Å². The lowest BCUT2D eigenvalue weighted by molar-refractivity contribution is -0.384. The number of hydrogen-bond donors (Lipinski definition) is 1. The first-order valence-corrected chi connectivity index (χ1v) is 12.1. The Morgan fingerprint density at radius 3 is 2.42 bits per heavy atom. The Morgan fingerprint density at radius 1 is 1.14 bits per heavy atom. The Labute approximate surface area is 211 Å². The number of likely N-dealkylation sites (tertiary alicyclic amines) is 1. The number of non-ortho nitro benzene ring substituents is 1. The molecule has 1 amide bonds. The van der Waals surface area contributed by atoms with Crippen molar-refractivity contribution in [1.82, 2.24) is 9.80 Å². The van der Waals surface area contributed by atoms with Crippen LogP contribution in [0.15, 0.2) is 48.0 Å². The zero-order valence-electron chi connectivity index (χ0n) is 21.2. The van der Waals surface area contributed by atoms with Gasteiger partial charge in [0.25, 0.3) is 17.4 Å². The molecule has 0 unspecified atom stereocenters. The summed E-state index contributed by atoms with van der Waals surface area (Å²) in [5.74, 6) is -1.07. The molecule has 3 rings (SSSR count). The Bertz CT molecular complexity index is 1160. The van der Waals surface area contributed by atoms with Crippen LogP contribution < -0.4 is 4.74 Å². The number of ketones is 1. The number of amides is 1. The van der Waals surface area contributed by atoms with Crippen LogP contribution in [0.25, 0.3) is 5.76 Å². The zero-order valence-corrected chi connectivity index (χ0v) is 21.2. The Hall–Kier alpha value is -3.72. The molecule has 2 aromatic carbocycles. The predicted molar refractivity (Wildman–Crippen MR) is 137 cm³/mol. The maximum absolute atomic E-state index is 13.2. The number of rotatable bonds is 11. The molecule has 1 aliphatic heterocycles. The smallest absolute Gasteiger partial charge is 0.295 e. The normalized spacial score (nSPS) is 17.1. The molecule has 1 fully saturated rings. The van der Waals surface area contributed by atoms with Gasteiger partial charge in [0, 0.05) is 24.2 Å². The Morgan fingerprint density at radius 2 is 1.83 bits per heavy atom. The van der Waals surface area contributed by atoms with Gasteiger partial charge in [0.05, 0.1) is 23.1 Å². The summed E-state index contributed by atoms with van der Waals surface area (Å²) in [5.41, 5.74) is 1.58. The third-order valence-corrected chi connectivity index (χ3v) is 6.17. The molecule has 9 nitrogen and oxygen atoms in total. The molecule has 0 spiro atoms. The van der Waals surface area contributed by atoms with Gasteiger partial charge in [-0.05, 0) is 81.9 Å². The van der Waals surface area contributed by atoms with E-state index in [4.69, 9.17) is 4.74 Å². The second kappa shape index (κ2) is 11.8. The van der Waals surface area contributed by atoms with Crippen LogP contribution in [0, 0.1) is 17.0 Å².